The molecule has 5 heteroatoms. The summed E-state index contributed by atoms with van der Waals surface area (Å²) in [5.41, 5.74) is 10.1. The average molecular weight is 642 g/mol. The van der Waals surface area contributed by atoms with Crippen molar-refractivity contribution in [2.24, 2.45) is 0 Å². The fourth-order valence-corrected chi connectivity index (χ4v) is 7.05. The first-order chi connectivity index (χ1) is 24.8. The second-order valence-electron chi connectivity index (χ2n) is 12.4. The van der Waals surface area contributed by atoms with Gasteiger partial charge in [0, 0.05) is 32.7 Å². The third-order valence-corrected chi connectivity index (χ3v) is 9.36. The van der Waals surface area contributed by atoms with Crippen LogP contribution >= 0.6 is 0 Å². The predicted molar refractivity (Wildman–Crippen MR) is 202 cm³/mol. The van der Waals surface area contributed by atoms with Crippen LogP contribution in [0.25, 0.3) is 100 Å². The van der Waals surface area contributed by atoms with Crippen molar-refractivity contribution in [1.82, 2.24) is 15.0 Å². The second kappa shape index (κ2) is 11.4. The summed E-state index contributed by atoms with van der Waals surface area (Å²) in [6.45, 7) is 0. The third kappa shape index (κ3) is 4.60. The zero-order chi connectivity index (χ0) is 33.0. The van der Waals surface area contributed by atoms with Gasteiger partial charge in [-0.1, -0.05) is 133 Å². The second-order valence-corrected chi connectivity index (χ2v) is 12.4. The highest BCUT2D eigenvalue weighted by Gasteiger charge is 2.21. The van der Waals surface area contributed by atoms with Crippen LogP contribution in [0, 0.1) is 0 Å². The zero-order valence-corrected chi connectivity index (χ0v) is 26.7. The summed E-state index contributed by atoms with van der Waals surface area (Å²) in [4.78, 5) is 15.6. The van der Waals surface area contributed by atoms with Gasteiger partial charge in [-0.3, -0.25) is 0 Å². The molecule has 0 atom stereocenters. The lowest BCUT2D eigenvalue weighted by atomic mass is 9.97. The van der Waals surface area contributed by atoms with E-state index in [0.717, 1.165) is 82.8 Å². The van der Waals surface area contributed by atoms with E-state index in [4.69, 9.17) is 23.8 Å². The molecule has 234 valence electrons. The number of benzene rings is 7. The van der Waals surface area contributed by atoms with Crippen LogP contribution in [0.2, 0.25) is 0 Å². The molecule has 0 spiro atoms. The van der Waals surface area contributed by atoms with Crippen LogP contribution in [0.3, 0.4) is 0 Å². The molecular formula is C45H27N3O2. The van der Waals surface area contributed by atoms with Crippen LogP contribution in [0.15, 0.2) is 173 Å². The summed E-state index contributed by atoms with van der Waals surface area (Å²) in [6, 6.07) is 55.6. The molecule has 5 nitrogen and oxygen atoms in total. The molecule has 50 heavy (non-hydrogen) atoms. The van der Waals surface area contributed by atoms with Crippen molar-refractivity contribution in [3.8, 4) is 56.4 Å². The Labute approximate surface area is 287 Å². The van der Waals surface area contributed by atoms with Gasteiger partial charge in [-0.15, -0.1) is 0 Å². The van der Waals surface area contributed by atoms with Crippen LogP contribution in [-0.2, 0) is 0 Å². The van der Waals surface area contributed by atoms with E-state index in [1.807, 2.05) is 66.7 Å². The lowest BCUT2D eigenvalue weighted by Gasteiger charge is -2.11. The minimum Gasteiger partial charge on any atom is -0.456 e. The smallest absolute Gasteiger partial charge is 0.167 e. The summed E-state index contributed by atoms with van der Waals surface area (Å²) in [7, 11) is 0. The van der Waals surface area contributed by atoms with Gasteiger partial charge < -0.3 is 8.83 Å². The molecule has 0 unspecified atom stereocenters. The standard InChI is InChI=1S/C45H27N3O2/c1-3-13-28(14-4-1)30-17-9-18-31(27-30)43-46-44(48-45(47-43)36-23-10-21-34-33-19-7-8-24-37(33)50-42(34)36)35-22-12-26-39-41(35)40-32(20-11-25-38(40)49-39)29-15-5-2-6-16-29/h1-27H. The van der Waals surface area contributed by atoms with Gasteiger partial charge in [-0.2, -0.15) is 0 Å². The fraction of sp³-hybridized carbons (Fsp3) is 0. The molecule has 0 amide bonds. The maximum Gasteiger partial charge on any atom is 0.167 e. The molecule has 7 aromatic carbocycles. The van der Waals surface area contributed by atoms with Crippen LogP contribution < -0.4 is 0 Å². The van der Waals surface area contributed by atoms with Crippen molar-refractivity contribution in [1.29, 1.82) is 0 Å². The van der Waals surface area contributed by atoms with Gasteiger partial charge in [0.15, 0.2) is 17.5 Å². The molecule has 0 fully saturated rings. The van der Waals surface area contributed by atoms with E-state index in [0.29, 0.717) is 17.5 Å². The molecule has 0 aliphatic carbocycles. The van der Waals surface area contributed by atoms with Crippen molar-refractivity contribution in [2.45, 2.75) is 0 Å². The Morgan fingerprint density at radius 3 is 1.64 bits per heavy atom. The Morgan fingerprint density at radius 2 is 0.840 bits per heavy atom. The predicted octanol–water partition coefficient (Wildman–Crippen LogP) is 12.0. The van der Waals surface area contributed by atoms with Crippen molar-refractivity contribution in [3.63, 3.8) is 0 Å². The SMILES string of the molecule is c1ccc(-c2cccc(-c3nc(-c4cccc5c4oc4ccccc45)nc(-c4cccc5oc6cccc(-c7ccccc7)c6c45)n3)c2)cc1. The van der Waals surface area contributed by atoms with Gasteiger partial charge in [-0.05, 0) is 52.6 Å². The average Bonchev–Trinajstić information content (AvgIpc) is 3.77. The van der Waals surface area contributed by atoms with Crippen molar-refractivity contribution >= 4 is 43.9 Å². The number of hydrogen-bond donors (Lipinski definition) is 0. The van der Waals surface area contributed by atoms with E-state index >= 15 is 0 Å². The Morgan fingerprint density at radius 1 is 0.320 bits per heavy atom. The third-order valence-electron chi connectivity index (χ3n) is 9.36. The van der Waals surface area contributed by atoms with Crippen molar-refractivity contribution < 1.29 is 8.83 Å². The number of rotatable bonds is 5. The maximum absolute atomic E-state index is 6.48. The monoisotopic (exact) mass is 641 g/mol. The lowest BCUT2D eigenvalue weighted by Crippen LogP contribution is -2.01. The normalized spacial score (nSPS) is 11.6. The summed E-state index contributed by atoms with van der Waals surface area (Å²) in [5.74, 6) is 1.66. The first kappa shape index (κ1) is 28.2. The van der Waals surface area contributed by atoms with Crippen molar-refractivity contribution in [3.05, 3.63) is 164 Å². The highest BCUT2D eigenvalue weighted by Crippen LogP contribution is 2.42. The van der Waals surface area contributed by atoms with E-state index < -0.39 is 0 Å². The van der Waals surface area contributed by atoms with Gasteiger partial charge in [0.05, 0.1) is 5.56 Å². The topological polar surface area (TPSA) is 65.0 Å². The number of hydrogen-bond acceptors (Lipinski definition) is 5. The fourth-order valence-electron chi connectivity index (χ4n) is 7.05. The van der Waals surface area contributed by atoms with Crippen LogP contribution in [0.5, 0.6) is 0 Å². The van der Waals surface area contributed by atoms with Gasteiger partial charge >= 0.3 is 0 Å². The van der Waals surface area contributed by atoms with E-state index in [1.54, 1.807) is 0 Å². The molecule has 3 heterocycles. The molecule has 0 saturated carbocycles. The Balaban J connectivity index is 1.26. The van der Waals surface area contributed by atoms with E-state index in [2.05, 4.69) is 97.1 Å². The molecule has 0 aliphatic heterocycles. The molecule has 0 radical (unpaired) electrons. The summed E-state index contributed by atoms with van der Waals surface area (Å²) >= 11 is 0. The number of fused-ring (bicyclic) bond motifs is 6. The number of aromatic nitrogens is 3. The summed E-state index contributed by atoms with van der Waals surface area (Å²) in [6.07, 6.45) is 0. The maximum atomic E-state index is 6.48. The zero-order valence-electron chi connectivity index (χ0n) is 26.7. The molecule has 0 N–H and O–H groups in total. The van der Waals surface area contributed by atoms with E-state index in [-0.39, 0.29) is 0 Å². The van der Waals surface area contributed by atoms with Gasteiger partial charge in [0.1, 0.15) is 22.3 Å². The minimum absolute atomic E-state index is 0.535. The van der Waals surface area contributed by atoms with E-state index in [1.165, 1.54) is 0 Å². The Hall–Kier alpha value is -6.85. The highest BCUT2D eigenvalue weighted by molar-refractivity contribution is 6.17. The Bertz CT molecular complexity index is 2870. The molecule has 3 aromatic heterocycles. The Kier molecular flexibility index (Phi) is 6.42. The first-order valence-electron chi connectivity index (χ1n) is 16.6. The van der Waals surface area contributed by atoms with Crippen LogP contribution in [0.1, 0.15) is 0 Å². The van der Waals surface area contributed by atoms with Gasteiger partial charge in [0.25, 0.3) is 0 Å². The minimum atomic E-state index is 0.535. The van der Waals surface area contributed by atoms with E-state index in [9.17, 15) is 0 Å². The molecule has 0 bridgehead atoms. The number of para-hydroxylation sites is 2. The quantitative estimate of drug-likeness (QED) is 0.187. The van der Waals surface area contributed by atoms with Gasteiger partial charge in [-0.25, -0.2) is 15.0 Å². The molecule has 10 aromatic rings. The number of furan rings is 2. The summed E-state index contributed by atoms with van der Waals surface area (Å²) < 4.78 is 12.9. The van der Waals surface area contributed by atoms with Crippen LogP contribution in [-0.4, -0.2) is 15.0 Å². The van der Waals surface area contributed by atoms with Crippen LogP contribution in [0.4, 0.5) is 0 Å². The molecular weight excluding hydrogens is 615 g/mol. The largest absolute Gasteiger partial charge is 0.456 e. The first-order valence-corrected chi connectivity index (χ1v) is 16.6. The molecule has 0 saturated heterocycles. The number of nitrogens with zero attached hydrogens (tertiary/aromatic N) is 3. The molecule has 0 aliphatic rings. The van der Waals surface area contributed by atoms with Crippen molar-refractivity contribution in [2.75, 3.05) is 0 Å². The molecule has 10 rings (SSSR count). The van der Waals surface area contributed by atoms with Gasteiger partial charge in [0.2, 0.25) is 0 Å². The summed E-state index contributed by atoms with van der Waals surface area (Å²) in [5, 5.41) is 4.06. The lowest BCUT2D eigenvalue weighted by molar-refractivity contribution is 0.668. The highest BCUT2D eigenvalue weighted by atomic mass is 16.3.